The van der Waals surface area contributed by atoms with Crippen molar-refractivity contribution in [2.24, 2.45) is 0 Å². The van der Waals surface area contributed by atoms with Crippen molar-refractivity contribution in [2.45, 2.75) is 6.54 Å². The third-order valence-electron chi connectivity index (χ3n) is 2.77. The first-order valence-corrected chi connectivity index (χ1v) is 6.30. The molecule has 0 aliphatic rings. The maximum atomic E-state index is 10.7. The maximum absolute atomic E-state index is 10.7. The Morgan fingerprint density at radius 2 is 1.67 bits per heavy atom. The normalized spacial score (nSPS) is 10.7. The lowest BCUT2D eigenvalue weighted by Gasteiger charge is -2.16. The smallest absolute Gasteiger partial charge is 0.317 e. The summed E-state index contributed by atoms with van der Waals surface area (Å²) in [5.41, 5.74) is 1.49. The Balaban J connectivity index is 2.09. The van der Waals surface area contributed by atoms with Gasteiger partial charge in [0.15, 0.2) is 0 Å². The molecule has 21 heavy (non-hydrogen) atoms. The van der Waals surface area contributed by atoms with Crippen LogP contribution in [0.4, 0.5) is 0 Å². The fraction of sp³-hybridized carbons (Fsp3) is 0.214. The van der Waals surface area contributed by atoms with Gasteiger partial charge < -0.3 is 10.2 Å². The van der Waals surface area contributed by atoms with Crippen LogP contribution in [0.3, 0.4) is 0 Å². The molecule has 2 aromatic rings. The summed E-state index contributed by atoms with van der Waals surface area (Å²) in [4.78, 5) is 22.8. The number of aliphatic carboxylic acids is 2. The fourth-order valence-electron chi connectivity index (χ4n) is 1.95. The lowest BCUT2D eigenvalue weighted by molar-refractivity contribution is -0.142. The van der Waals surface area contributed by atoms with Crippen LogP contribution in [-0.4, -0.2) is 49.9 Å². The SMILES string of the molecule is O=C(O)CN(CC(=O)O)Cc1ccn(-c2ccccc2)n1. The Kier molecular flexibility index (Phi) is 4.68. The van der Waals surface area contributed by atoms with Crippen molar-refractivity contribution in [1.82, 2.24) is 14.7 Å². The van der Waals surface area contributed by atoms with Crippen molar-refractivity contribution in [3.63, 3.8) is 0 Å². The molecule has 0 aliphatic carbocycles. The molecule has 0 fully saturated rings. The van der Waals surface area contributed by atoms with Gasteiger partial charge >= 0.3 is 11.9 Å². The second kappa shape index (κ2) is 6.67. The molecule has 0 amide bonds. The molecule has 1 aromatic heterocycles. The van der Waals surface area contributed by atoms with E-state index < -0.39 is 11.9 Å². The predicted molar refractivity (Wildman–Crippen MR) is 74.1 cm³/mol. The minimum Gasteiger partial charge on any atom is -0.480 e. The number of aromatic nitrogens is 2. The summed E-state index contributed by atoms with van der Waals surface area (Å²) in [7, 11) is 0. The number of benzene rings is 1. The third kappa shape index (κ3) is 4.43. The highest BCUT2D eigenvalue weighted by molar-refractivity contribution is 5.72. The minimum absolute atomic E-state index is 0.165. The number of carboxylic acid groups (broad SMARTS) is 2. The van der Waals surface area contributed by atoms with Crippen LogP contribution in [-0.2, 0) is 16.1 Å². The standard InChI is InChI=1S/C14H15N3O4/c18-13(19)9-16(10-14(20)21)8-11-6-7-17(15-11)12-4-2-1-3-5-12/h1-7H,8-10H2,(H,18,19)(H,20,21). The lowest BCUT2D eigenvalue weighted by Crippen LogP contribution is -2.34. The van der Waals surface area contributed by atoms with E-state index in [0.717, 1.165) is 5.69 Å². The summed E-state index contributed by atoms with van der Waals surface area (Å²) in [6.45, 7) is -0.520. The molecule has 0 spiro atoms. The van der Waals surface area contributed by atoms with E-state index >= 15 is 0 Å². The molecule has 0 radical (unpaired) electrons. The number of hydrogen-bond donors (Lipinski definition) is 2. The summed E-state index contributed by atoms with van der Waals surface area (Å²) in [6.07, 6.45) is 1.75. The summed E-state index contributed by atoms with van der Waals surface area (Å²) in [5, 5.41) is 21.9. The van der Waals surface area contributed by atoms with Crippen LogP contribution in [0.15, 0.2) is 42.6 Å². The number of para-hydroxylation sites is 1. The van der Waals surface area contributed by atoms with Gasteiger partial charge in [0.25, 0.3) is 0 Å². The van der Waals surface area contributed by atoms with E-state index in [4.69, 9.17) is 10.2 Å². The second-order valence-electron chi connectivity index (χ2n) is 4.52. The second-order valence-corrected chi connectivity index (χ2v) is 4.52. The molecule has 2 rings (SSSR count). The highest BCUT2D eigenvalue weighted by Gasteiger charge is 2.15. The number of rotatable bonds is 7. The molecule has 0 saturated carbocycles. The summed E-state index contributed by atoms with van der Waals surface area (Å²) >= 11 is 0. The van der Waals surface area contributed by atoms with Crippen LogP contribution in [0.1, 0.15) is 5.69 Å². The lowest BCUT2D eigenvalue weighted by atomic mass is 10.3. The average molecular weight is 289 g/mol. The van der Waals surface area contributed by atoms with Crippen LogP contribution in [0, 0.1) is 0 Å². The van der Waals surface area contributed by atoms with E-state index in [9.17, 15) is 9.59 Å². The van der Waals surface area contributed by atoms with Crippen molar-refractivity contribution >= 4 is 11.9 Å². The Hall–Kier alpha value is -2.67. The first-order valence-electron chi connectivity index (χ1n) is 6.30. The quantitative estimate of drug-likeness (QED) is 0.784. The molecule has 0 bridgehead atoms. The van der Waals surface area contributed by atoms with E-state index in [2.05, 4.69) is 5.10 Å². The van der Waals surface area contributed by atoms with Gasteiger partial charge in [-0.15, -0.1) is 0 Å². The summed E-state index contributed by atoms with van der Waals surface area (Å²) < 4.78 is 1.66. The minimum atomic E-state index is -1.07. The molecule has 110 valence electrons. The Morgan fingerprint density at radius 1 is 1.05 bits per heavy atom. The zero-order chi connectivity index (χ0) is 15.2. The topological polar surface area (TPSA) is 95.7 Å². The van der Waals surface area contributed by atoms with Gasteiger partial charge in [-0.25, -0.2) is 4.68 Å². The number of hydrogen-bond acceptors (Lipinski definition) is 4. The molecular weight excluding hydrogens is 274 g/mol. The number of carboxylic acids is 2. The van der Waals surface area contributed by atoms with E-state index in [1.807, 2.05) is 30.3 Å². The van der Waals surface area contributed by atoms with Gasteiger partial charge in [-0.2, -0.15) is 5.10 Å². The molecule has 0 atom stereocenters. The van der Waals surface area contributed by atoms with Crippen LogP contribution < -0.4 is 0 Å². The Labute approximate surface area is 121 Å². The van der Waals surface area contributed by atoms with Gasteiger partial charge in [0.1, 0.15) is 0 Å². The van der Waals surface area contributed by atoms with Crippen LogP contribution >= 0.6 is 0 Å². The van der Waals surface area contributed by atoms with Crippen molar-refractivity contribution in [3.8, 4) is 5.69 Å². The molecule has 1 aromatic carbocycles. The molecule has 0 saturated heterocycles. The third-order valence-corrected chi connectivity index (χ3v) is 2.77. The highest BCUT2D eigenvalue weighted by atomic mass is 16.4. The molecule has 1 heterocycles. The molecule has 2 N–H and O–H groups in total. The van der Waals surface area contributed by atoms with Crippen molar-refractivity contribution < 1.29 is 19.8 Å². The van der Waals surface area contributed by atoms with E-state index in [0.29, 0.717) is 5.69 Å². The first-order chi connectivity index (χ1) is 10.0. The average Bonchev–Trinajstić information content (AvgIpc) is 2.86. The van der Waals surface area contributed by atoms with Gasteiger partial charge in [0.2, 0.25) is 0 Å². The monoisotopic (exact) mass is 289 g/mol. The van der Waals surface area contributed by atoms with Crippen molar-refractivity contribution in [3.05, 3.63) is 48.3 Å². The van der Waals surface area contributed by atoms with Crippen LogP contribution in [0.25, 0.3) is 5.69 Å². The number of nitrogens with zero attached hydrogens (tertiary/aromatic N) is 3. The predicted octanol–water partition coefficient (Wildman–Crippen LogP) is 0.843. The van der Waals surface area contributed by atoms with Crippen LogP contribution in [0.2, 0.25) is 0 Å². The zero-order valence-electron chi connectivity index (χ0n) is 11.2. The van der Waals surface area contributed by atoms with Crippen LogP contribution in [0.5, 0.6) is 0 Å². The van der Waals surface area contributed by atoms with Gasteiger partial charge in [0, 0.05) is 12.7 Å². The molecule has 7 nitrogen and oxygen atoms in total. The van der Waals surface area contributed by atoms with Gasteiger partial charge in [0.05, 0.1) is 24.5 Å². The van der Waals surface area contributed by atoms with E-state index in [1.54, 1.807) is 16.9 Å². The van der Waals surface area contributed by atoms with Crippen molar-refractivity contribution in [2.75, 3.05) is 13.1 Å². The summed E-state index contributed by atoms with van der Waals surface area (Å²) in [5.74, 6) is -2.14. The first kappa shape index (κ1) is 14.7. The molecular formula is C14H15N3O4. The maximum Gasteiger partial charge on any atom is 0.317 e. The largest absolute Gasteiger partial charge is 0.480 e. The molecule has 0 aliphatic heterocycles. The molecule has 0 unspecified atom stereocenters. The van der Waals surface area contributed by atoms with Gasteiger partial charge in [-0.3, -0.25) is 14.5 Å². The Morgan fingerprint density at radius 3 is 2.24 bits per heavy atom. The Bertz CT molecular complexity index is 608. The van der Waals surface area contributed by atoms with Gasteiger partial charge in [-0.05, 0) is 18.2 Å². The van der Waals surface area contributed by atoms with E-state index in [1.165, 1.54) is 4.90 Å². The highest BCUT2D eigenvalue weighted by Crippen LogP contribution is 2.08. The molecule has 7 heteroatoms. The zero-order valence-corrected chi connectivity index (χ0v) is 11.2. The fourth-order valence-corrected chi connectivity index (χ4v) is 1.95. The van der Waals surface area contributed by atoms with Gasteiger partial charge in [-0.1, -0.05) is 18.2 Å². The summed E-state index contributed by atoms with van der Waals surface area (Å²) in [6, 6.07) is 11.2. The number of carbonyl (C=O) groups is 2. The van der Waals surface area contributed by atoms with Crippen molar-refractivity contribution in [1.29, 1.82) is 0 Å². The van der Waals surface area contributed by atoms with E-state index in [-0.39, 0.29) is 19.6 Å².